The summed E-state index contributed by atoms with van der Waals surface area (Å²) in [6.07, 6.45) is 14.9. The van der Waals surface area contributed by atoms with Crippen molar-refractivity contribution in [3.8, 4) is 0 Å². The number of benzene rings is 1. The highest BCUT2D eigenvalue weighted by molar-refractivity contribution is 5.78. The van der Waals surface area contributed by atoms with Gasteiger partial charge in [-0.05, 0) is 50.3 Å². The van der Waals surface area contributed by atoms with Gasteiger partial charge in [0.25, 0.3) is 5.91 Å². The van der Waals surface area contributed by atoms with E-state index in [2.05, 4.69) is 45.0 Å². The second kappa shape index (κ2) is 9.90. The number of nitrogens with one attached hydrogen (secondary N) is 1. The third-order valence-corrected chi connectivity index (χ3v) is 8.26. The average Bonchev–Trinajstić information content (AvgIpc) is 3.24. The van der Waals surface area contributed by atoms with E-state index in [4.69, 9.17) is 0 Å². The van der Waals surface area contributed by atoms with Crippen molar-refractivity contribution >= 4 is 16.9 Å². The van der Waals surface area contributed by atoms with Crippen LogP contribution in [0.4, 0.5) is 0 Å². The maximum Gasteiger partial charge on any atom is 0.278 e. The van der Waals surface area contributed by atoms with Crippen LogP contribution in [0.3, 0.4) is 0 Å². The molecule has 6 nitrogen and oxygen atoms in total. The molecule has 3 fully saturated rings. The molecule has 32 heavy (non-hydrogen) atoms. The SMILES string of the molecule is Cc1ccc2c(c1)nnn2C1CC[NH+](CC(=O)N(C2CCCCC2)C2CCCCC2)CC1. The van der Waals surface area contributed by atoms with E-state index in [0.717, 1.165) is 37.0 Å². The molecule has 0 atom stereocenters. The number of aryl methyl sites for hydroxylation is 1. The number of carbonyl (C=O) groups excluding carboxylic acids is 1. The minimum Gasteiger partial charge on any atom is -0.332 e. The largest absolute Gasteiger partial charge is 0.332 e. The molecule has 0 bridgehead atoms. The van der Waals surface area contributed by atoms with Gasteiger partial charge in [0.2, 0.25) is 0 Å². The molecule has 0 radical (unpaired) electrons. The van der Waals surface area contributed by atoms with Gasteiger partial charge in [0.05, 0.1) is 24.6 Å². The fraction of sp³-hybridized carbons (Fsp3) is 0.731. The normalized spacial score (nSPS) is 25.8. The third kappa shape index (κ3) is 4.70. The van der Waals surface area contributed by atoms with Gasteiger partial charge in [0.1, 0.15) is 5.52 Å². The van der Waals surface area contributed by atoms with Gasteiger partial charge in [-0.15, -0.1) is 5.10 Å². The van der Waals surface area contributed by atoms with Crippen LogP contribution >= 0.6 is 0 Å². The molecule has 1 aromatic heterocycles. The molecule has 5 rings (SSSR count). The molecule has 0 spiro atoms. The van der Waals surface area contributed by atoms with E-state index in [1.54, 1.807) is 0 Å². The zero-order chi connectivity index (χ0) is 21.9. The second-order valence-corrected chi connectivity index (χ2v) is 10.6. The quantitative estimate of drug-likeness (QED) is 0.778. The van der Waals surface area contributed by atoms with Gasteiger partial charge in [-0.25, -0.2) is 4.68 Å². The summed E-state index contributed by atoms with van der Waals surface area (Å²) in [4.78, 5) is 17.5. The Hall–Kier alpha value is -1.95. The number of carbonyl (C=O) groups is 1. The van der Waals surface area contributed by atoms with Crippen LogP contribution in [0.2, 0.25) is 0 Å². The monoisotopic (exact) mass is 438 g/mol. The number of hydrogen-bond donors (Lipinski definition) is 1. The first-order valence-electron chi connectivity index (χ1n) is 13.2. The fourth-order valence-electron chi connectivity index (χ4n) is 6.48. The van der Waals surface area contributed by atoms with Crippen LogP contribution in [-0.2, 0) is 4.79 Å². The Bertz CT molecular complexity index is 886. The number of nitrogens with zero attached hydrogens (tertiary/aromatic N) is 4. The maximum absolute atomic E-state index is 13.6. The van der Waals surface area contributed by atoms with Crippen molar-refractivity contribution in [3.63, 3.8) is 0 Å². The summed E-state index contributed by atoms with van der Waals surface area (Å²) in [6.45, 7) is 4.87. The highest BCUT2D eigenvalue weighted by Crippen LogP contribution is 2.30. The second-order valence-electron chi connectivity index (χ2n) is 10.6. The molecular weight excluding hydrogens is 398 g/mol. The summed E-state index contributed by atoms with van der Waals surface area (Å²) in [5.41, 5.74) is 3.36. The van der Waals surface area contributed by atoms with Gasteiger partial charge >= 0.3 is 0 Å². The van der Waals surface area contributed by atoms with Crippen molar-refractivity contribution in [1.82, 2.24) is 19.9 Å². The van der Waals surface area contributed by atoms with Crippen molar-refractivity contribution in [1.29, 1.82) is 0 Å². The first-order chi connectivity index (χ1) is 15.7. The molecule has 1 saturated heterocycles. The highest BCUT2D eigenvalue weighted by atomic mass is 16.2. The number of likely N-dealkylation sites (tertiary alicyclic amines) is 1. The Kier molecular flexibility index (Phi) is 6.77. The Morgan fingerprint density at radius 2 is 1.59 bits per heavy atom. The van der Waals surface area contributed by atoms with E-state index in [-0.39, 0.29) is 0 Å². The predicted octanol–water partition coefficient (Wildman–Crippen LogP) is 3.45. The number of fused-ring (bicyclic) bond motifs is 1. The molecule has 174 valence electrons. The molecule has 2 heterocycles. The Balaban J connectivity index is 1.21. The molecule has 1 aromatic carbocycles. The lowest BCUT2D eigenvalue weighted by molar-refractivity contribution is -0.898. The van der Waals surface area contributed by atoms with E-state index in [1.807, 2.05) is 0 Å². The summed E-state index contributed by atoms with van der Waals surface area (Å²) in [5.74, 6) is 0.430. The van der Waals surface area contributed by atoms with Gasteiger partial charge in [-0.1, -0.05) is 49.8 Å². The molecule has 2 aromatic rings. The molecule has 1 N–H and O–H groups in total. The van der Waals surface area contributed by atoms with Gasteiger partial charge in [0, 0.05) is 24.9 Å². The van der Waals surface area contributed by atoms with Crippen LogP contribution < -0.4 is 4.90 Å². The Morgan fingerprint density at radius 3 is 2.22 bits per heavy atom. The van der Waals surface area contributed by atoms with E-state index in [9.17, 15) is 4.79 Å². The summed E-state index contributed by atoms with van der Waals surface area (Å²) in [6, 6.07) is 7.81. The molecular formula is C26H40N5O+. The number of quaternary nitrogens is 1. The first-order valence-corrected chi connectivity index (χ1v) is 13.2. The maximum atomic E-state index is 13.6. The van der Waals surface area contributed by atoms with Gasteiger partial charge in [0.15, 0.2) is 6.54 Å². The zero-order valence-corrected chi connectivity index (χ0v) is 19.8. The van der Waals surface area contributed by atoms with E-state index in [0.29, 0.717) is 30.6 Å². The lowest BCUT2D eigenvalue weighted by Crippen LogP contribution is -3.14. The number of aromatic nitrogens is 3. The number of piperidine rings is 1. The Morgan fingerprint density at radius 1 is 0.969 bits per heavy atom. The summed E-state index contributed by atoms with van der Waals surface area (Å²) >= 11 is 0. The zero-order valence-electron chi connectivity index (χ0n) is 19.8. The molecule has 6 heteroatoms. The van der Waals surface area contributed by atoms with Crippen LogP contribution in [0.1, 0.15) is 88.7 Å². The average molecular weight is 439 g/mol. The summed E-state index contributed by atoms with van der Waals surface area (Å²) in [5, 5.41) is 8.87. The van der Waals surface area contributed by atoms with Crippen molar-refractivity contribution in [2.75, 3.05) is 19.6 Å². The van der Waals surface area contributed by atoms with Crippen LogP contribution in [0.5, 0.6) is 0 Å². The molecule has 1 aliphatic heterocycles. The molecule has 3 aliphatic rings. The number of amides is 1. The van der Waals surface area contributed by atoms with Gasteiger partial charge < -0.3 is 9.80 Å². The van der Waals surface area contributed by atoms with E-state index >= 15 is 0 Å². The molecule has 2 saturated carbocycles. The van der Waals surface area contributed by atoms with Gasteiger partial charge in [-0.3, -0.25) is 4.79 Å². The highest BCUT2D eigenvalue weighted by Gasteiger charge is 2.35. The number of hydrogen-bond acceptors (Lipinski definition) is 3. The van der Waals surface area contributed by atoms with E-state index < -0.39 is 0 Å². The topological polar surface area (TPSA) is 55.5 Å². The van der Waals surface area contributed by atoms with Crippen LogP contribution in [-0.4, -0.2) is 57.5 Å². The number of rotatable bonds is 5. The minimum absolute atomic E-state index is 0.398. The summed E-state index contributed by atoms with van der Waals surface area (Å²) in [7, 11) is 0. The third-order valence-electron chi connectivity index (χ3n) is 8.26. The lowest BCUT2D eigenvalue weighted by atomic mass is 9.88. The van der Waals surface area contributed by atoms with E-state index in [1.165, 1.54) is 74.7 Å². The van der Waals surface area contributed by atoms with Crippen LogP contribution in [0, 0.1) is 6.92 Å². The standard InChI is InChI=1S/C26H39N5O/c1-20-12-13-25-24(18-20)27-28-31(25)23-14-16-29(17-15-23)19-26(32)30(21-8-4-2-5-9-21)22-10-6-3-7-11-22/h12-13,18,21-23H,2-11,14-17,19H2,1H3/p+1. The minimum atomic E-state index is 0.398. The fourth-order valence-corrected chi connectivity index (χ4v) is 6.48. The smallest absolute Gasteiger partial charge is 0.278 e. The first kappa shape index (κ1) is 21.9. The van der Waals surface area contributed by atoms with Crippen molar-refractivity contribution in [2.24, 2.45) is 0 Å². The molecule has 1 amide bonds. The Labute approximate surface area is 192 Å². The molecule has 2 aliphatic carbocycles. The van der Waals surface area contributed by atoms with Crippen molar-refractivity contribution in [3.05, 3.63) is 23.8 Å². The van der Waals surface area contributed by atoms with Crippen LogP contribution in [0.25, 0.3) is 11.0 Å². The van der Waals surface area contributed by atoms with Gasteiger partial charge in [-0.2, -0.15) is 0 Å². The predicted molar refractivity (Wildman–Crippen MR) is 127 cm³/mol. The summed E-state index contributed by atoms with van der Waals surface area (Å²) < 4.78 is 2.13. The molecule has 0 unspecified atom stereocenters. The van der Waals surface area contributed by atoms with Crippen molar-refractivity contribution in [2.45, 2.75) is 102 Å². The van der Waals surface area contributed by atoms with Crippen LogP contribution in [0.15, 0.2) is 18.2 Å². The lowest BCUT2D eigenvalue weighted by Gasteiger charge is -2.42. The van der Waals surface area contributed by atoms with Crippen molar-refractivity contribution < 1.29 is 9.69 Å².